The zero-order valence-electron chi connectivity index (χ0n) is 15.6. The summed E-state index contributed by atoms with van der Waals surface area (Å²) in [6.45, 7) is 4.69. The highest BCUT2D eigenvalue weighted by Gasteiger charge is 2.11. The van der Waals surface area contributed by atoms with Crippen LogP contribution in [-0.4, -0.2) is 12.0 Å². The van der Waals surface area contributed by atoms with Crippen molar-refractivity contribution in [2.24, 2.45) is 5.84 Å². The molecule has 1 aromatic heterocycles. The molecule has 0 amide bonds. The topological polar surface area (TPSA) is 51.4 Å². The van der Waals surface area contributed by atoms with Crippen molar-refractivity contribution >= 4 is 5.69 Å². The number of nitrogens with two attached hydrogens (primary N) is 1. The fourth-order valence-electron chi connectivity index (χ4n) is 3.10. The SMILES string of the molecule is CCc1cccc(N(C)N)c1COc1ccc(-c2ccccn2)cc1C. The van der Waals surface area contributed by atoms with Crippen LogP contribution >= 0.6 is 0 Å². The molecule has 0 aliphatic rings. The van der Waals surface area contributed by atoms with Gasteiger partial charge in [-0.2, -0.15) is 0 Å². The first kappa shape index (κ1) is 18.0. The highest BCUT2D eigenvalue weighted by Crippen LogP contribution is 2.28. The molecule has 2 aromatic carbocycles. The van der Waals surface area contributed by atoms with E-state index in [-0.39, 0.29) is 0 Å². The van der Waals surface area contributed by atoms with Gasteiger partial charge in [0.15, 0.2) is 0 Å². The minimum atomic E-state index is 0.491. The molecule has 26 heavy (non-hydrogen) atoms. The average Bonchev–Trinajstić information content (AvgIpc) is 2.67. The largest absolute Gasteiger partial charge is 0.489 e. The quantitative estimate of drug-likeness (QED) is 0.526. The van der Waals surface area contributed by atoms with Crippen molar-refractivity contribution in [3.63, 3.8) is 0 Å². The lowest BCUT2D eigenvalue weighted by molar-refractivity contribution is 0.303. The maximum atomic E-state index is 6.14. The number of rotatable bonds is 6. The van der Waals surface area contributed by atoms with Gasteiger partial charge in [-0.25, -0.2) is 5.84 Å². The van der Waals surface area contributed by atoms with Gasteiger partial charge in [-0.05, 0) is 60.9 Å². The normalized spacial score (nSPS) is 10.6. The Morgan fingerprint density at radius 1 is 1.08 bits per heavy atom. The number of hydrogen-bond donors (Lipinski definition) is 1. The van der Waals surface area contributed by atoms with Crippen LogP contribution in [0, 0.1) is 6.92 Å². The molecule has 0 atom stereocenters. The Labute approximate surface area is 155 Å². The van der Waals surface area contributed by atoms with Crippen LogP contribution in [0.25, 0.3) is 11.3 Å². The van der Waals surface area contributed by atoms with E-state index >= 15 is 0 Å². The van der Waals surface area contributed by atoms with E-state index in [2.05, 4.69) is 31.0 Å². The maximum absolute atomic E-state index is 6.14. The molecule has 134 valence electrons. The van der Waals surface area contributed by atoms with Crippen LogP contribution in [0.15, 0.2) is 60.8 Å². The first-order valence-electron chi connectivity index (χ1n) is 8.84. The number of hydrogen-bond acceptors (Lipinski definition) is 4. The van der Waals surface area contributed by atoms with Gasteiger partial charge in [0.25, 0.3) is 0 Å². The molecule has 0 aliphatic carbocycles. The highest BCUT2D eigenvalue weighted by atomic mass is 16.5. The summed E-state index contributed by atoms with van der Waals surface area (Å²) in [5.74, 6) is 6.87. The van der Waals surface area contributed by atoms with Crippen LogP contribution < -0.4 is 15.6 Å². The standard InChI is InChI=1S/C22H25N3O/c1-4-17-8-7-10-21(25(3)23)19(17)15-26-22-12-11-18(14-16(22)2)20-9-5-6-13-24-20/h5-14H,4,15,23H2,1-3H3. The summed E-state index contributed by atoms with van der Waals surface area (Å²) in [6, 6.07) is 18.3. The van der Waals surface area contributed by atoms with Crippen molar-refractivity contribution in [2.75, 3.05) is 12.1 Å². The smallest absolute Gasteiger partial charge is 0.122 e. The van der Waals surface area contributed by atoms with Crippen molar-refractivity contribution in [3.8, 4) is 17.0 Å². The number of nitrogens with zero attached hydrogens (tertiary/aromatic N) is 2. The third kappa shape index (κ3) is 3.86. The van der Waals surface area contributed by atoms with Crippen LogP contribution in [0.1, 0.15) is 23.6 Å². The molecule has 0 unspecified atom stereocenters. The number of aromatic nitrogens is 1. The summed E-state index contributed by atoms with van der Waals surface area (Å²) >= 11 is 0. The van der Waals surface area contributed by atoms with Crippen LogP contribution in [0.5, 0.6) is 5.75 Å². The first-order valence-corrected chi connectivity index (χ1v) is 8.84. The molecule has 0 aliphatic heterocycles. The predicted molar refractivity (Wildman–Crippen MR) is 107 cm³/mol. The average molecular weight is 347 g/mol. The van der Waals surface area contributed by atoms with E-state index in [1.165, 1.54) is 5.56 Å². The first-order chi connectivity index (χ1) is 12.6. The van der Waals surface area contributed by atoms with Gasteiger partial charge in [-0.15, -0.1) is 0 Å². The molecular formula is C22H25N3O. The number of benzene rings is 2. The van der Waals surface area contributed by atoms with Crippen LogP contribution in [-0.2, 0) is 13.0 Å². The Kier molecular flexibility index (Phi) is 5.54. The van der Waals surface area contributed by atoms with E-state index in [0.717, 1.165) is 40.2 Å². The summed E-state index contributed by atoms with van der Waals surface area (Å²) in [7, 11) is 1.85. The minimum Gasteiger partial charge on any atom is -0.489 e. The molecule has 0 radical (unpaired) electrons. The molecule has 0 saturated heterocycles. The lowest BCUT2D eigenvalue weighted by Gasteiger charge is -2.20. The van der Waals surface area contributed by atoms with Gasteiger partial charge < -0.3 is 9.75 Å². The fraction of sp³-hybridized carbons (Fsp3) is 0.227. The van der Waals surface area contributed by atoms with Gasteiger partial charge in [0.05, 0.1) is 11.4 Å². The molecule has 0 fully saturated rings. The van der Waals surface area contributed by atoms with Crippen molar-refractivity contribution < 1.29 is 4.74 Å². The van der Waals surface area contributed by atoms with Crippen LogP contribution in [0.4, 0.5) is 5.69 Å². The Morgan fingerprint density at radius 3 is 2.58 bits per heavy atom. The molecule has 3 rings (SSSR count). The van der Waals surface area contributed by atoms with Crippen LogP contribution in [0.3, 0.4) is 0 Å². The second-order valence-electron chi connectivity index (χ2n) is 6.36. The van der Waals surface area contributed by atoms with Crippen molar-refractivity contribution in [1.82, 2.24) is 4.98 Å². The van der Waals surface area contributed by atoms with E-state index in [1.807, 2.05) is 55.7 Å². The zero-order chi connectivity index (χ0) is 18.5. The molecule has 0 bridgehead atoms. The van der Waals surface area contributed by atoms with Gasteiger partial charge in [0, 0.05) is 24.4 Å². The van der Waals surface area contributed by atoms with Gasteiger partial charge in [-0.3, -0.25) is 4.98 Å². The maximum Gasteiger partial charge on any atom is 0.122 e. The molecule has 0 spiro atoms. The van der Waals surface area contributed by atoms with Crippen LogP contribution in [0.2, 0.25) is 0 Å². The second-order valence-corrected chi connectivity index (χ2v) is 6.36. The summed E-state index contributed by atoms with van der Waals surface area (Å²) in [4.78, 5) is 4.41. The molecule has 3 aromatic rings. The minimum absolute atomic E-state index is 0.491. The Morgan fingerprint density at radius 2 is 1.92 bits per heavy atom. The predicted octanol–water partition coefficient (Wildman–Crippen LogP) is 4.51. The summed E-state index contributed by atoms with van der Waals surface area (Å²) in [5, 5.41) is 1.65. The van der Waals surface area contributed by atoms with E-state index < -0.39 is 0 Å². The number of hydrazine groups is 1. The highest BCUT2D eigenvalue weighted by molar-refractivity contribution is 5.62. The monoisotopic (exact) mass is 347 g/mol. The van der Waals surface area contributed by atoms with E-state index in [4.69, 9.17) is 10.6 Å². The van der Waals surface area contributed by atoms with E-state index in [0.29, 0.717) is 6.61 Å². The van der Waals surface area contributed by atoms with Crippen molar-refractivity contribution in [2.45, 2.75) is 26.9 Å². The third-order valence-electron chi connectivity index (χ3n) is 4.52. The molecule has 4 heteroatoms. The Bertz CT molecular complexity index is 876. The van der Waals surface area contributed by atoms with Gasteiger partial charge >= 0.3 is 0 Å². The van der Waals surface area contributed by atoms with Gasteiger partial charge in [0.2, 0.25) is 0 Å². The number of anilines is 1. The number of ether oxygens (including phenoxy) is 1. The summed E-state index contributed by atoms with van der Waals surface area (Å²) < 4.78 is 6.14. The fourth-order valence-corrected chi connectivity index (χ4v) is 3.10. The third-order valence-corrected chi connectivity index (χ3v) is 4.52. The molecule has 4 nitrogen and oxygen atoms in total. The van der Waals surface area contributed by atoms with E-state index in [1.54, 1.807) is 5.01 Å². The Hall–Kier alpha value is -2.85. The van der Waals surface area contributed by atoms with Gasteiger partial charge in [-0.1, -0.05) is 25.1 Å². The van der Waals surface area contributed by atoms with Crippen molar-refractivity contribution in [3.05, 3.63) is 77.5 Å². The number of pyridine rings is 1. The Balaban J connectivity index is 1.83. The van der Waals surface area contributed by atoms with Gasteiger partial charge in [0.1, 0.15) is 12.4 Å². The number of aryl methyl sites for hydroxylation is 2. The lowest BCUT2D eigenvalue weighted by Crippen LogP contribution is -2.27. The van der Waals surface area contributed by atoms with E-state index in [9.17, 15) is 0 Å². The summed E-state index contributed by atoms with van der Waals surface area (Å²) in [6.07, 6.45) is 2.75. The molecule has 2 N–H and O–H groups in total. The molecule has 0 saturated carbocycles. The molecule has 1 heterocycles. The zero-order valence-corrected chi connectivity index (χ0v) is 15.6. The molecular weight excluding hydrogens is 322 g/mol. The van der Waals surface area contributed by atoms with Crippen molar-refractivity contribution in [1.29, 1.82) is 0 Å². The lowest BCUT2D eigenvalue weighted by atomic mass is 10.0. The second kappa shape index (κ2) is 8.02. The summed E-state index contributed by atoms with van der Waals surface area (Å²) in [5.41, 5.74) is 6.52.